The van der Waals surface area contributed by atoms with Gasteiger partial charge in [-0.25, -0.2) is 31.4 Å². The number of H-pyrrole nitrogens is 1. The van der Waals surface area contributed by atoms with E-state index in [-0.39, 0.29) is 81.6 Å². The number of rotatable bonds is 21. The predicted octanol–water partition coefficient (Wildman–Crippen LogP) is 8.32. The Kier molecular flexibility index (Phi) is 31.0. The van der Waals surface area contributed by atoms with Crippen LogP contribution in [-0.2, 0) is 67.4 Å². The van der Waals surface area contributed by atoms with Crippen LogP contribution in [0.4, 0.5) is 23.9 Å². The van der Waals surface area contributed by atoms with E-state index in [0.717, 1.165) is 47.6 Å². The number of allylic oxidation sites excluding steroid dienone is 2. The summed E-state index contributed by atoms with van der Waals surface area (Å²) in [6.07, 6.45) is -0.148. The van der Waals surface area contributed by atoms with E-state index in [9.17, 15) is 63.9 Å². The third-order valence-electron chi connectivity index (χ3n) is 13.8. The molecule has 0 bridgehead atoms. The number of sulfonamides is 1. The number of thioether (sulfide) groups is 1. The number of ether oxygens (including phenoxy) is 3. The molecule has 8 rings (SSSR count). The average molecular weight is 1510 g/mol. The first kappa shape index (κ1) is 80.9. The van der Waals surface area contributed by atoms with Crippen molar-refractivity contribution in [1.29, 1.82) is 0 Å². The molecule has 0 fully saturated rings. The standard InChI is InChI=1S/C18H17NO3.C17H29NO3S.C14H13F3N2O4S.C14H14IN5O6S.Na/c1-2-21-17(20)16-13-18(22-19-16,14-9-5-3-6-10-14)15-11-7-4-8-12-15;1-5-8-14(18-21-6-2)17-15(19)10-13(11-16(17)20)9-12(4)22-7-3;1-7-11(13(21)19(2)18-7)12(20)9-5-4-8(14(15,16)17)6-10(9)24(3,22)23;1-7-16-12(19-14(17-7)26-3)18-13(22)20-27(23,24)10-6-8(15)4-5-9(10)11(21)25-2;/h3-12H,2,13H2,1H3;12-13,19H,5-11H2,1-4H3;4-6,18H,1-3H3;4-6H,1-3H3,(H2,16,17,18,19,20,22);/q;;;;+1/p-1. The van der Waals surface area contributed by atoms with E-state index in [4.69, 9.17) is 19.1 Å². The number of oxime groups is 2. The minimum Gasteiger partial charge on any atom is -0.511 e. The van der Waals surface area contributed by atoms with Crippen LogP contribution in [0.3, 0.4) is 0 Å². The van der Waals surface area contributed by atoms with Gasteiger partial charge in [-0.2, -0.15) is 34.9 Å². The minimum atomic E-state index is -4.76. The number of sulfone groups is 1. The van der Waals surface area contributed by atoms with Crippen LogP contribution in [0.25, 0.3) is 4.72 Å². The molecule has 4 aromatic carbocycles. The molecule has 1 aliphatic heterocycles. The number of aliphatic hydroxyl groups is 1. The number of nitrogens with one attached hydrogen (secondary N) is 2. The Morgan fingerprint density at radius 3 is 2.03 bits per heavy atom. The Balaban J connectivity index is 0.000000272. The molecule has 2 atom stereocenters. The Morgan fingerprint density at radius 2 is 1.51 bits per heavy atom. The maximum absolute atomic E-state index is 12.8. The summed E-state index contributed by atoms with van der Waals surface area (Å²) in [5.74, 6) is -0.726. The van der Waals surface area contributed by atoms with Gasteiger partial charge in [0, 0.05) is 57.3 Å². The van der Waals surface area contributed by atoms with Crippen molar-refractivity contribution in [2.45, 2.75) is 114 Å². The van der Waals surface area contributed by atoms with Crippen LogP contribution in [-0.4, -0.2) is 132 Å². The first-order valence-electron chi connectivity index (χ1n) is 29.2. The van der Waals surface area contributed by atoms with E-state index in [0.29, 0.717) is 83.1 Å². The first-order valence-corrected chi connectivity index (χ1v) is 34.7. The molecule has 0 radical (unpaired) electrons. The van der Waals surface area contributed by atoms with Gasteiger partial charge >= 0.3 is 53.7 Å². The van der Waals surface area contributed by atoms with Gasteiger partial charge in [0.15, 0.2) is 38.9 Å². The molecule has 1 aliphatic carbocycles. The van der Waals surface area contributed by atoms with E-state index in [1.807, 2.05) is 109 Å². The van der Waals surface area contributed by atoms with Gasteiger partial charge in [0.1, 0.15) is 23.8 Å². The van der Waals surface area contributed by atoms with E-state index >= 15 is 0 Å². The van der Waals surface area contributed by atoms with Gasteiger partial charge in [0.25, 0.3) is 5.56 Å². The summed E-state index contributed by atoms with van der Waals surface area (Å²) in [6.45, 7) is 13.7. The van der Waals surface area contributed by atoms with Crippen molar-refractivity contribution in [3.8, 4) is 6.01 Å². The van der Waals surface area contributed by atoms with E-state index in [1.165, 1.54) is 46.2 Å². The number of alkyl halides is 3. The Hall–Kier alpha value is -7.50. The molecule has 2 aromatic heterocycles. The van der Waals surface area contributed by atoms with Crippen molar-refractivity contribution in [1.82, 2.24) is 24.7 Å². The molecule has 0 saturated carbocycles. The van der Waals surface area contributed by atoms with Crippen molar-refractivity contribution < 1.29 is 113 Å². The maximum Gasteiger partial charge on any atom is 1.00 e. The van der Waals surface area contributed by atoms with Crippen LogP contribution in [0.5, 0.6) is 6.01 Å². The summed E-state index contributed by atoms with van der Waals surface area (Å²) in [6, 6.07) is 24.1. The fourth-order valence-electron chi connectivity index (χ4n) is 9.68. The summed E-state index contributed by atoms with van der Waals surface area (Å²) in [5, 5.41) is 23.6. The molecular formula is C63H72F3IN9NaO16S3. The Morgan fingerprint density at radius 1 is 0.885 bits per heavy atom. The smallest absolute Gasteiger partial charge is 0.511 e. The second kappa shape index (κ2) is 36.7. The van der Waals surface area contributed by atoms with Crippen molar-refractivity contribution in [3.05, 3.63) is 172 Å². The quantitative estimate of drug-likeness (QED) is 0.0152. The summed E-state index contributed by atoms with van der Waals surface area (Å²) in [4.78, 5) is 93.9. The third-order valence-corrected chi connectivity index (χ3v) is 18.0. The molecule has 3 N–H and O–H groups in total. The summed E-state index contributed by atoms with van der Waals surface area (Å²) < 4.78 is 106. The number of aliphatic hydroxyl groups excluding tert-OH is 1. The maximum atomic E-state index is 12.8. The van der Waals surface area contributed by atoms with Crippen LogP contribution in [0.2, 0.25) is 0 Å². The number of nitrogens with zero attached hydrogens (tertiary/aromatic N) is 7. The predicted molar refractivity (Wildman–Crippen MR) is 357 cm³/mol. The van der Waals surface area contributed by atoms with Crippen LogP contribution >= 0.6 is 34.4 Å². The normalized spacial score (nSPS) is 14.6. The fourth-order valence-corrected chi connectivity index (χ4v) is 13.3. The number of aryl methyl sites for hydroxylation is 3. The summed E-state index contributed by atoms with van der Waals surface area (Å²) >= 11 is 3.76. The topological polar surface area (TPSA) is 347 Å². The molecule has 512 valence electrons. The number of halogens is 4. The molecule has 2 aliphatic rings. The van der Waals surface area contributed by atoms with Crippen molar-refractivity contribution in [2.75, 3.05) is 44.8 Å². The van der Waals surface area contributed by atoms with Gasteiger partial charge in [0.2, 0.25) is 15.8 Å². The average Bonchev–Trinajstić information content (AvgIpc) is 1.50. The van der Waals surface area contributed by atoms with E-state index in [2.05, 4.69) is 59.0 Å². The van der Waals surface area contributed by atoms with Crippen molar-refractivity contribution in [3.63, 3.8) is 0 Å². The first-order chi connectivity index (χ1) is 44.8. The second-order valence-corrected chi connectivity index (χ2v) is 27.4. The van der Waals surface area contributed by atoms with Gasteiger partial charge in [0.05, 0.1) is 59.4 Å². The number of anilines is 1. The number of esters is 2. The Labute approximate surface area is 593 Å². The number of hydrogen-bond donors (Lipinski definition) is 3. The molecule has 2 amide bonds. The van der Waals surface area contributed by atoms with E-state index in [1.54, 1.807) is 6.92 Å². The van der Waals surface area contributed by atoms with Gasteiger partial charge < -0.3 is 39.0 Å². The molecule has 25 nitrogen and oxygen atoms in total. The largest absolute Gasteiger partial charge is 1.00 e. The number of urea groups is 1. The SMILES string of the molecule is CCCC(=NOCC)C1=C(O)CC(CC(C)SCC)CC1=O.CCOC(=O)C1=NOC(c2ccccc2)(c2ccccc2)C1.COC(=O)c1ccc(I)cc1S(=O)(=O)[N-]C(=O)Nc1nc(C)nc(OC)n1.Cc1[nH]n(C)c(=O)c1C(=O)c1ccc(C(F)(F)F)cc1S(C)(=O)=O.[Na+]. The number of amides is 2. The number of Topliss-reactive ketones (excluding diaryl/α,β-unsaturated/α-hetero) is 1. The van der Waals surface area contributed by atoms with Crippen molar-refractivity contribution >= 4 is 101 Å². The van der Waals surface area contributed by atoms with Crippen LogP contribution in [0.1, 0.15) is 128 Å². The minimum absolute atomic E-state index is 0. The molecule has 33 heteroatoms. The van der Waals surface area contributed by atoms with Gasteiger partial charge in [-0.3, -0.25) is 29.0 Å². The zero-order chi connectivity index (χ0) is 70.6. The van der Waals surface area contributed by atoms with Gasteiger partial charge in [-0.15, -0.1) is 0 Å². The Bertz CT molecular complexity index is 4100. The van der Waals surface area contributed by atoms with Crippen LogP contribution in [0, 0.1) is 23.3 Å². The van der Waals surface area contributed by atoms with Gasteiger partial charge in [-0.1, -0.05) is 98.2 Å². The number of aromatic amines is 1. The van der Waals surface area contributed by atoms with E-state index < -0.39 is 81.9 Å². The summed E-state index contributed by atoms with van der Waals surface area (Å²) in [7, 11) is -4.85. The number of carbonyl (C=O) groups excluding carboxylic acids is 5. The molecule has 6 aromatic rings. The molecular weight excluding hydrogens is 1440 g/mol. The molecule has 3 heterocycles. The number of aromatic nitrogens is 5. The number of ketones is 2. The molecule has 0 spiro atoms. The summed E-state index contributed by atoms with van der Waals surface area (Å²) in [5.41, 5.74) is -0.280. The number of carbonyl (C=O) groups is 5. The van der Waals surface area contributed by atoms with Gasteiger partial charge in [-0.05, 0) is 111 Å². The fraction of sp³-hybridized carbons (Fsp3) is 0.381. The molecule has 96 heavy (non-hydrogen) atoms. The number of benzene rings is 4. The third kappa shape index (κ3) is 22.0. The zero-order valence-electron chi connectivity index (χ0n) is 54.7. The van der Waals surface area contributed by atoms with Crippen LogP contribution < -0.4 is 45.2 Å². The number of methoxy groups -OCH3 is 2. The monoisotopic (exact) mass is 1510 g/mol. The zero-order valence-corrected chi connectivity index (χ0v) is 61.3. The molecule has 0 saturated heterocycles. The van der Waals surface area contributed by atoms with Crippen LogP contribution in [0.15, 0.2) is 133 Å². The number of hydrogen-bond acceptors (Lipinski definition) is 22. The van der Waals surface area contributed by atoms with Crippen molar-refractivity contribution in [2.24, 2.45) is 23.3 Å². The molecule has 2 unspecified atom stereocenters. The second-order valence-electron chi connectivity index (χ2n) is 20.9.